The number of carbonyl (C=O) groups is 1. The summed E-state index contributed by atoms with van der Waals surface area (Å²) in [5, 5.41) is 6.31. The molecule has 0 unspecified atom stereocenters. The van der Waals surface area contributed by atoms with E-state index in [0.29, 0.717) is 0 Å². The summed E-state index contributed by atoms with van der Waals surface area (Å²) in [6, 6.07) is 0. The van der Waals surface area contributed by atoms with E-state index in [1.165, 1.54) is 0 Å². The van der Waals surface area contributed by atoms with Crippen molar-refractivity contribution in [2.24, 2.45) is 4.99 Å². The average Bonchev–Trinajstić information content (AvgIpc) is 2.22. The summed E-state index contributed by atoms with van der Waals surface area (Å²) in [5.74, 6) is 0.936. The molecular formula is C13H23N3O2. The van der Waals surface area contributed by atoms with Crippen LogP contribution in [0, 0.1) is 0 Å². The van der Waals surface area contributed by atoms with Gasteiger partial charge in [-0.3, -0.25) is 4.99 Å². The van der Waals surface area contributed by atoms with Crippen LogP contribution in [0.15, 0.2) is 4.99 Å². The molecule has 1 amide bonds. The number of amidine groups is 1. The van der Waals surface area contributed by atoms with Crippen molar-refractivity contribution in [3.8, 4) is 0 Å². The fourth-order valence-corrected chi connectivity index (χ4v) is 2.30. The number of aliphatic imine (C=N–C) groups is 1. The number of alkyl carbamates (subject to hydrolysis) is 1. The van der Waals surface area contributed by atoms with Gasteiger partial charge in [-0.2, -0.15) is 0 Å². The molecule has 2 rings (SSSR count). The van der Waals surface area contributed by atoms with Crippen LogP contribution in [0.5, 0.6) is 0 Å². The van der Waals surface area contributed by atoms with Crippen molar-refractivity contribution in [3.63, 3.8) is 0 Å². The SMILES string of the molecule is CC(C)(C)OC(=O)NC1(C2=NCCCN2)CCC1. The summed E-state index contributed by atoms with van der Waals surface area (Å²) in [7, 11) is 0. The minimum atomic E-state index is -0.461. The highest BCUT2D eigenvalue weighted by Gasteiger charge is 2.44. The van der Waals surface area contributed by atoms with Crippen molar-refractivity contribution >= 4 is 11.9 Å². The van der Waals surface area contributed by atoms with Gasteiger partial charge in [0.25, 0.3) is 0 Å². The van der Waals surface area contributed by atoms with Crippen LogP contribution < -0.4 is 10.6 Å². The largest absolute Gasteiger partial charge is 0.444 e. The molecule has 0 aromatic carbocycles. The molecule has 0 spiro atoms. The van der Waals surface area contributed by atoms with E-state index in [1.54, 1.807) is 0 Å². The Bertz CT molecular complexity index is 354. The Balaban J connectivity index is 2.00. The summed E-state index contributed by atoms with van der Waals surface area (Å²) in [5.41, 5.74) is -0.764. The zero-order valence-corrected chi connectivity index (χ0v) is 11.5. The summed E-state index contributed by atoms with van der Waals surface area (Å²) in [6.07, 6.45) is 3.72. The van der Waals surface area contributed by atoms with Gasteiger partial charge in [0.2, 0.25) is 0 Å². The normalized spacial score (nSPS) is 22.3. The molecule has 1 fully saturated rings. The van der Waals surface area contributed by atoms with E-state index in [9.17, 15) is 4.79 Å². The van der Waals surface area contributed by atoms with E-state index in [0.717, 1.165) is 44.6 Å². The second-order valence-electron chi connectivity index (χ2n) is 6.07. The van der Waals surface area contributed by atoms with Crippen molar-refractivity contribution < 1.29 is 9.53 Å². The van der Waals surface area contributed by atoms with Crippen LogP contribution in [-0.2, 0) is 4.74 Å². The van der Waals surface area contributed by atoms with Gasteiger partial charge < -0.3 is 15.4 Å². The van der Waals surface area contributed by atoms with E-state index in [4.69, 9.17) is 4.74 Å². The maximum Gasteiger partial charge on any atom is 0.408 e. The fraction of sp³-hybridized carbons (Fsp3) is 0.846. The number of nitrogens with one attached hydrogen (secondary N) is 2. The van der Waals surface area contributed by atoms with Crippen LogP contribution in [0.2, 0.25) is 0 Å². The van der Waals surface area contributed by atoms with Crippen molar-refractivity contribution in [2.45, 2.75) is 57.6 Å². The molecule has 1 saturated carbocycles. The molecule has 1 aliphatic heterocycles. The summed E-state index contributed by atoms with van der Waals surface area (Å²) in [4.78, 5) is 16.4. The Hall–Kier alpha value is -1.26. The van der Waals surface area contributed by atoms with Crippen LogP contribution >= 0.6 is 0 Å². The standard InChI is InChI=1S/C13H23N3O2/c1-12(2,3)18-11(17)16-13(6-4-7-13)10-14-8-5-9-15-10/h4-9H2,1-3H3,(H,14,15)(H,16,17). The summed E-state index contributed by atoms with van der Waals surface area (Å²) >= 11 is 0. The highest BCUT2D eigenvalue weighted by Crippen LogP contribution is 2.33. The molecule has 0 aromatic rings. The Morgan fingerprint density at radius 3 is 2.56 bits per heavy atom. The van der Waals surface area contributed by atoms with Gasteiger partial charge in [-0.1, -0.05) is 0 Å². The zero-order chi connectivity index (χ0) is 13.2. The molecule has 0 atom stereocenters. The van der Waals surface area contributed by atoms with Gasteiger partial charge in [0, 0.05) is 13.1 Å². The second kappa shape index (κ2) is 4.78. The second-order valence-corrected chi connectivity index (χ2v) is 6.07. The Kier molecular flexibility index (Phi) is 3.50. The molecule has 1 heterocycles. The van der Waals surface area contributed by atoms with E-state index in [1.807, 2.05) is 20.8 Å². The first-order valence-corrected chi connectivity index (χ1v) is 6.71. The van der Waals surface area contributed by atoms with Crippen LogP contribution in [0.3, 0.4) is 0 Å². The minimum Gasteiger partial charge on any atom is -0.444 e. The zero-order valence-electron chi connectivity index (χ0n) is 11.5. The van der Waals surface area contributed by atoms with Gasteiger partial charge >= 0.3 is 6.09 Å². The number of ether oxygens (including phenoxy) is 1. The molecule has 0 aromatic heterocycles. The average molecular weight is 253 g/mol. The third-order valence-corrected chi connectivity index (χ3v) is 3.30. The van der Waals surface area contributed by atoms with Crippen LogP contribution in [0.1, 0.15) is 46.5 Å². The fourth-order valence-electron chi connectivity index (χ4n) is 2.30. The molecule has 102 valence electrons. The first kappa shape index (κ1) is 13.2. The molecule has 0 radical (unpaired) electrons. The quantitative estimate of drug-likeness (QED) is 0.789. The minimum absolute atomic E-state index is 0.303. The van der Waals surface area contributed by atoms with Gasteiger partial charge in [-0.05, 0) is 46.5 Å². The van der Waals surface area contributed by atoms with Crippen molar-refractivity contribution in [1.82, 2.24) is 10.6 Å². The lowest BCUT2D eigenvalue weighted by Gasteiger charge is -2.44. The first-order valence-electron chi connectivity index (χ1n) is 6.71. The molecule has 0 saturated heterocycles. The molecule has 18 heavy (non-hydrogen) atoms. The third-order valence-electron chi connectivity index (χ3n) is 3.30. The molecule has 5 nitrogen and oxygen atoms in total. The Morgan fingerprint density at radius 2 is 2.11 bits per heavy atom. The highest BCUT2D eigenvalue weighted by molar-refractivity contribution is 5.95. The number of rotatable bonds is 2. The number of hydrogen-bond acceptors (Lipinski definition) is 4. The Labute approximate surface area is 108 Å². The van der Waals surface area contributed by atoms with Crippen molar-refractivity contribution in [2.75, 3.05) is 13.1 Å². The van der Waals surface area contributed by atoms with Crippen molar-refractivity contribution in [1.29, 1.82) is 0 Å². The molecule has 0 bridgehead atoms. The predicted molar refractivity (Wildman–Crippen MR) is 70.9 cm³/mol. The number of amides is 1. The molecule has 5 heteroatoms. The van der Waals surface area contributed by atoms with Gasteiger partial charge in [0.05, 0.1) is 0 Å². The maximum atomic E-state index is 11.9. The smallest absolute Gasteiger partial charge is 0.408 e. The van der Waals surface area contributed by atoms with E-state index < -0.39 is 5.60 Å². The van der Waals surface area contributed by atoms with E-state index in [-0.39, 0.29) is 11.6 Å². The summed E-state index contributed by atoms with van der Waals surface area (Å²) < 4.78 is 5.33. The van der Waals surface area contributed by atoms with Crippen molar-refractivity contribution in [3.05, 3.63) is 0 Å². The number of nitrogens with zero attached hydrogens (tertiary/aromatic N) is 1. The van der Waals surface area contributed by atoms with E-state index >= 15 is 0 Å². The molecular weight excluding hydrogens is 230 g/mol. The molecule has 2 N–H and O–H groups in total. The van der Waals surface area contributed by atoms with Gasteiger partial charge in [-0.25, -0.2) is 4.79 Å². The van der Waals surface area contributed by atoms with Gasteiger partial charge in [0.15, 0.2) is 0 Å². The lowest BCUT2D eigenvalue weighted by atomic mass is 9.75. The van der Waals surface area contributed by atoms with E-state index in [2.05, 4.69) is 15.6 Å². The Morgan fingerprint density at radius 1 is 1.39 bits per heavy atom. The molecule has 1 aliphatic carbocycles. The van der Waals surface area contributed by atoms with Crippen LogP contribution in [0.25, 0.3) is 0 Å². The lowest BCUT2D eigenvalue weighted by molar-refractivity contribution is 0.0443. The highest BCUT2D eigenvalue weighted by atomic mass is 16.6. The van der Waals surface area contributed by atoms with Gasteiger partial charge in [0.1, 0.15) is 17.0 Å². The van der Waals surface area contributed by atoms with Gasteiger partial charge in [-0.15, -0.1) is 0 Å². The van der Waals surface area contributed by atoms with Crippen LogP contribution in [0.4, 0.5) is 4.79 Å². The molecule has 2 aliphatic rings. The maximum absolute atomic E-state index is 11.9. The third kappa shape index (κ3) is 2.94. The number of hydrogen-bond donors (Lipinski definition) is 2. The monoisotopic (exact) mass is 253 g/mol. The topological polar surface area (TPSA) is 62.7 Å². The first-order chi connectivity index (χ1) is 8.41. The van der Waals surface area contributed by atoms with Crippen LogP contribution in [-0.4, -0.2) is 36.2 Å². The summed E-state index contributed by atoms with van der Waals surface area (Å²) in [6.45, 7) is 7.40. The lowest BCUT2D eigenvalue weighted by Crippen LogP contribution is -2.64. The number of carbonyl (C=O) groups excluding carboxylic acids is 1. The predicted octanol–water partition coefficient (Wildman–Crippen LogP) is 1.83.